The van der Waals surface area contributed by atoms with Crippen molar-refractivity contribution in [3.63, 3.8) is 0 Å². The summed E-state index contributed by atoms with van der Waals surface area (Å²) in [6, 6.07) is 0. The molecule has 0 bridgehead atoms. The Morgan fingerprint density at radius 1 is 1.29 bits per heavy atom. The number of esters is 1. The number of ether oxygens (including phenoxy) is 1. The Kier molecular flexibility index (Phi) is 3.09. The van der Waals surface area contributed by atoms with Crippen LogP contribution in [0.5, 0.6) is 0 Å². The van der Waals surface area contributed by atoms with Crippen LogP contribution in [0.1, 0.15) is 51.9 Å². The molecule has 0 amide bonds. The molecule has 0 aromatic heterocycles. The van der Waals surface area contributed by atoms with Gasteiger partial charge in [-0.2, -0.15) is 0 Å². The fourth-order valence-corrected chi connectivity index (χ4v) is 2.86. The maximum absolute atomic E-state index is 11.4. The van der Waals surface area contributed by atoms with Gasteiger partial charge >= 0.3 is 5.97 Å². The van der Waals surface area contributed by atoms with E-state index in [1.165, 1.54) is 32.1 Å². The van der Waals surface area contributed by atoms with Crippen LogP contribution in [0.15, 0.2) is 0 Å². The van der Waals surface area contributed by atoms with E-state index in [9.17, 15) is 4.79 Å². The highest BCUT2D eigenvalue weighted by atomic mass is 16.5. The van der Waals surface area contributed by atoms with Crippen LogP contribution in [0.25, 0.3) is 0 Å². The molecule has 80 valence electrons. The van der Waals surface area contributed by atoms with Crippen molar-refractivity contribution in [1.29, 1.82) is 0 Å². The number of rotatable bonds is 2. The number of hydrogen-bond acceptors (Lipinski definition) is 2. The molecule has 0 aromatic carbocycles. The first kappa shape index (κ1) is 10.0. The third-order valence-electron chi connectivity index (χ3n) is 3.61. The second-order valence-corrected chi connectivity index (χ2v) is 4.92. The molecule has 14 heavy (non-hydrogen) atoms. The van der Waals surface area contributed by atoms with E-state index in [0.717, 1.165) is 18.8 Å². The monoisotopic (exact) mass is 196 g/mol. The molecule has 0 radical (unpaired) electrons. The second kappa shape index (κ2) is 4.33. The Balaban J connectivity index is 1.81. The van der Waals surface area contributed by atoms with Crippen molar-refractivity contribution in [2.24, 2.45) is 11.8 Å². The third kappa shape index (κ3) is 2.28. The maximum atomic E-state index is 11.4. The number of hydrogen-bond donors (Lipinski definition) is 0. The Morgan fingerprint density at radius 3 is 2.57 bits per heavy atom. The molecule has 2 atom stereocenters. The molecular formula is C12H20O2. The third-order valence-corrected chi connectivity index (χ3v) is 3.61. The van der Waals surface area contributed by atoms with Gasteiger partial charge in [-0.25, -0.2) is 0 Å². The smallest absolute Gasteiger partial charge is 0.309 e. The van der Waals surface area contributed by atoms with Gasteiger partial charge in [0, 0.05) is 0 Å². The zero-order valence-corrected chi connectivity index (χ0v) is 9.00. The molecule has 2 rings (SSSR count). The number of carbonyl (C=O) groups excluding carboxylic acids is 1. The van der Waals surface area contributed by atoms with Gasteiger partial charge in [0.2, 0.25) is 0 Å². The fourth-order valence-electron chi connectivity index (χ4n) is 2.86. The summed E-state index contributed by atoms with van der Waals surface area (Å²) in [5.74, 6) is 1.07. The van der Waals surface area contributed by atoms with Crippen LogP contribution >= 0.6 is 0 Å². The lowest BCUT2D eigenvalue weighted by Gasteiger charge is -2.22. The first-order valence-electron chi connectivity index (χ1n) is 5.96. The quantitative estimate of drug-likeness (QED) is 0.635. The van der Waals surface area contributed by atoms with Crippen LogP contribution in [0.3, 0.4) is 0 Å². The van der Waals surface area contributed by atoms with E-state index in [0.29, 0.717) is 0 Å². The highest BCUT2D eigenvalue weighted by molar-refractivity contribution is 5.74. The second-order valence-electron chi connectivity index (χ2n) is 4.92. The van der Waals surface area contributed by atoms with E-state index in [1.54, 1.807) is 0 Å². The summed E-state index contributed by atoms with van der Waals surface area (Å²) in [6.45, 7) is 2.00. The minimum atomic E-state index is 0.0584. The van der Waals surface area contributed by atoms with E-state index in [4.69, 9.17) is 4.74 Å². The number of cyclic esters (lactones) is 1. The molecule has 1 saturated heterocycles. The highest BCUT2D eigenvalue weighted by Crippen LogP contribution is 2.33. The van der Waals surface area contributed by atoms with Gasteiger partial charge in [0.05, 0.1) is 12.0 Å². The van der Waals surface area contributed by atoms with Crippen LogP contribution in [0.2, 0.25) is 0 Å². The van der Waals surface area contributed by atoms with Gasteiger partial charge in [-0.1, -0.05) is 32.1 Å². The predicted octanol–water partition coefficient (Wildman–Crippen LogP) is 2.91. The maximum Gasteiger partial charge on any atom is 0.309 e. The lowest BCUT2D eigenvalue weighted by molar-refractivity contribution is -0.144. The standard InChI is InChI=1S/C12H20O2/c1-9-7-11(12(13)14-9)8-10-5-3-2-4-6-10/h9-11H,2-8H2,1H3/t9-,11?/m0/s1. The van der Waals surface area contributed by atoms with Gasteiger partial charge in [-0.3, -0.25) is 4.79 Å². The van der Waals surface area contributed by atoms with Gasteiger partial charge < -0.3 is 4.74 Å². The van der Waals surface area contributed by atoms with Crippen LogP contribution in [0.4, 0.5) is 0 Å². The summed E-state index contributed by atoms with van der Waals surface area (Å²) in [5.41, 5.74) is 0. The van der Waals surface area contributed by atoms with Crippen molar-refractivity contribution in [1.82, 2.24) is 0 Å². The lowest BCUT2D eigenvalue weighted by Crippen LogP contribution is -2.15. The molecule has 1 saturated carbocycles. The zero-order chi connectivity index (χ0) is 9.97. The molecule has 1 unspecified atom stereocenters. The van der Waals surface area contributed by atoms with Gasteiger partial charge in [-0.15, -0.1) is 0 Å². The van der Waals surface area contributed by atoms with Gasteiger partial charge in [0.1, 0.15) is 0 Å². The number of carbonyl (C=O) groups is 1. The first-order valence-corrected chi connectivity index (χ1v) is 5.96. The van der Waals surface area contributed by atoms with Crippen LogP contribution in [-0.2, 0) is 9.53 Å². The summed E-state index contributed by atoms with van der Waals surface area (Å²) in [6.07, 6.45) is 8.98. The van der Waals surface area contributed by atoms with Gasteiger partial charge in [0.15, 0.2) is 0 Å². The van der Waals surface area contributed by atoms with Crippen molar-refractivity contribution in [2.45, 2.75) is 58.0 Å². The average Bonchev–Trinajstić information content (AvgIpc) is 2.47. The largest absolute Gasteiger partial charge is 0.462 e. The molecule has 2 fully saturated rings. The van der Waals surface area contributed by atoms with E-state index in [-0.39, 0.29) is 18.0 Å². The minimum absolute atomic E-state index is 0.0584. The molecule has 2 nitrogen and oxygen atoms in total. The Hall–Kier alpha value is -0.530. The predicted molar refractivity (Wildman–Crippen MR) is 54.9 cm³/mol. The van der Waals surface area contributed by atoms with Crippen LogP contribution in [-0.4, -0.2) is 12.1 Å². The summed E-state index contributed by atoms with van der Waals surface area (Å²) >= 11 is 0. The highest BCUT2D eigenvalue weighted by Gasteiger charge is 2.33. The van der Waals surface area contributed by atoms with Gasteiger partial charge in [0.25, 0.3) is 0 Å². The van der Waals surface area contributed by atoms with Crippen LogP contribution in [0, 0.1) is 11.8 Å². The van der Waals surface area contributed by atoms with E-state index < -0.39 is 0 Å². The van der Waals surface area contributed by atoms with Crippen molar-refractivity contribution >= 4 is 5.97 Å². The molecular weight excluding hydrogens is 176 g/mol. The molecule has 1 heterocycles. The van der Waals surface area contributed by atoms with E-state index in [2.05, 4.69) is 0 Å². The Morgan fingerprint density at radius 2 is 2.00 bits per heavy atom. The molecule has 1 aliphatic heterocycles. The molecule has 0 spiro atoms. The Labute approximate surface area is 86.0 Å². The summed E-state index contributed by atoms with van der Waals surface area (Å²) in [4.78, 5) is 11.4. The summed E-state index contributed by atoms with van der Waals surface area (Å²) in [5, 5.41) is 0. The van der Waals surface area contributed by atoms with E-state index >= 15 is 0 Å². The summed E-state index contributed by atoms with van der Waals surface area (Å²) < 4.78 is 5.18. The first-order chi connectivity index (χ1) is 6.75. The lowest BCUT2D eigenvalue weighted by atomic mass is 9.82. The van der Waals surface area contributed by atoms with Crippen molar-refractivity contribution in [2.75, 3.05) is 0 Å². The van der Waals surface area contributed by atoms with E-state index in [1.807, 2.05) is 6.92 Å². The SMILES string of the molecule is C[C@H]1CC(CC2CCCCC2)C(=O)O1. The van der Waals surface area contributed by atoms with Crippen molar-refractivity contribution in [3.05, 3.63) is 0 Å². The normalized spacial score (nSPS) is 34.5. The van der Waals surface area contributed by atoms with Crippen LogP contribution < -0.4 is 0 Å². The topological polar surface area (TPSA) is 26.3 Å². The minimum Gasteiger partial charge on any atom is -0.462 e. The fraction of sp³-hybridized carbons (Fsp3) is 0.917. The molecule has 0 aromatic rings. The molecule has 2 aliphatic rings. The molecule has 1 aliphatic carbocycles. The Bertz CT molecular complexity index is 206. The molecule has 2 heteroatoms. The average molecular weight is 196 g/mol. The molecule has 0 N–H and O–H groups in total. The zero-order valence-electron chi connectivity index (χ0n) is 9.00. The van der Waals surface area contributed by atoms with Gasteiger partial charge in [-0.05, 0) is 25.7 Å². The van der Waals surface area contributed by atoms with Crippen molar-refractivity contribution < 1.29 is 9.53 Å². The summed E-state index contributed by atoms with van der Waals surface area (Å²) in [7, 11) is 0. The van der Waals surface area contributed by atoms with Crippen molar-refractivity contribution in [3.8, 4) is 0 Å².